The van der Waals surface area contributed by atoms with Gasteiger partial charge in [0.05, 0.1) is 12.2 Å². The van der Waals surface area contributed by atoms with Crippen molar-refractivity contribution in [3.63, 3.8) is 0 Å². The molecule has 3 rings (SSSR count). The highest BCUT2D eigenvalue weighted by atomic mass is 31.2. The average molecular weight is 515 g/mol. The second-order valence-corrected chi connectivity index (χ2v) is 10.1. The maximum absolute atomic E-state index is 14.7. The van der Waals surface area contributed by atoms with Crippen molar-refractivity contribution in [3.8, 4) is 5.75 Å². The van der Waals surface area contributed by atoms with Crippen LogP contribution in [0.1, 0.15) is 33.4 Å². The van der Waals surface area contributed by atoms with Crippen LogP contribution in [-0.2, 0) is 18.8 Å². The number of halogens is 2. The Labute approximate surface area is 200 Å². The number of hydrogen-bond donors (Lipinski definition) is 3. The quantitative estimate of drug-likeness (QED) is 0.318. The van der Waals surface area contributed by atoms with Gasteiger partial charge in [-0.3, -0.25) is 9.36 Å². The molecule has 0 radical (unpaired) electrons. The van der Waals surface area contributed by atoms with E-state index in [2.05, 4.69) is 15.2 Å². The zero-order chi connectivity index (χ0) is 25.8. The number of para-hydroxylation sites is 1. The summed E-state index contributed by atoms with van der Waals surface area (Å²) >= 11 is 0. The van der Waals surface area contributed by atoms with Gasteiger partial charge in [0.1, 0.15) is 17.6 Å². The van der Waals surface area contributed by atoms with E-state index in [0.717, 1.165) is 6.20 Å². The predicted molar refractivity (Wildman–Crippen MR) is 123 cm³/mol. The Hall–Kier alpha value is -2.86. The summed E-state index contributed by atoms with van der Waals surface area (Å²) in [6.07, 6.45) is -3.15. The summed E-state index contributed by atoms with van der Waals surface area (Å²) in [7, 11) is -4.02. The SMILES string of the molecule is CC(C)OC(=O)[C@H](C)NP(=O)(NC[C@H]1CC(F)(F)[C@@H](n2ccc(N)nc2=O)O1)Oc1ccccc1. The number of aromatic nitrogens is 2. The highest BCUT2D eigenvalue weighted by Crippen LogP contribution is 2.44. The van der Waals surface area contributed by atoms with E-state index in [4.69, 9.17) is 19.7 Å². The number of anilines is 1. The fourth-order valence-corrected chi connectivity index (χ4v) is 5.01. The Morgan fingerprint density at radius 3 is 2.63 bits per heavy atom. The summed E-state index contributed by atoms with van der Waals surface area (Å²) in [5.41, 5.74) is 4.43. The average Bonchev–Trinajstić information content (AvgIpc) is 3.06. The Bertz CT molecular complexity index is 1130. The van der Waals surface area contributed by atoms with Gasteiger partial charge in [-0.15, -0.1) is 0 Å². The van der Waals surface area contributed by atoms with E-state index in [1.165, 1.54) is 13.0 Å². The van der Waals surface area contributed by atoms with Gasteiger partial charge in [-0.1, -0.05) is 18.2 Å². The van der Waals surface area contributed by atoms with Crippen molar-refractivity contribution >= 4 is 19.5 Å². The zero-order valence-corrected chi connectivity index (χ0v) is 20.3. The zero-order valence-electron chi connectivity index (χ0n) is 19.4. The lowest BCUT2D eigenvalue weighted by Gasteiger charge is -2.25. The lowest BCUT2D eigenvalue weighted by atomic mass is 10.2. The smallest absolute Gasteiger partial charge is 0.391 e. The number of nitrogens with one attached hydrogen (secondary N) is 2. The monoisotopic (exact) mass is 515 g/mol. The van der Waals surface area contributed by atoms with Gasteiger partial charge in [-0.2, -0.15) is 4.98 Å². The van der Waals surface area contributed by atoms with E-state index in [9.17, 15) is 22.9 Å². The molecule has 11 nitrogen and oxygen atoms in total. The van der Waals surface area contributed by atoms with Crippen molar-refractivity contribution in [2.24, 2.45) is 0 Å². The molecule has 4 N–H and O–H groups in total. The third-order valence-electron chi connectivity index (χ3n) is 4.86. The van der Waals surface area contributed by atoms with Gasteiger partial charge in [-0.25, -0.2) is 28.3 Å². The fraction of sp³-hybridized carbons (Fsp3) is 0.476. The largest absolute Gasteiger partial charge is 0.462 e. The van der Waals surface area contributed by atoms with E-state index >= 15 is 0 Å². The van der Waals surface area contributed by atoms with Gasteiger partial charge in [0.25, 0.3) is 5.92 Å². The van der Waals surface area contributed by atoms with Gasteiger partial charge in [0.2, 0.25) is 6.23 Å². The minimum absolute atomic E-state index is 0.110. The first kappa shape index (κ1) is 26.7. The van der Waals surface area contributed by atoms with Crippen LogP contribution in [0.4, 0.5) is 14.6 Å². The van der Waals surface area contributed by atoms with E-state index in [-0.39, 0.29) is 18.1 Å². The summed E-state index contributed by atoms with van der Waals surface area (Å²) < 4.78 is 59.7. The van der Waals surface area contributed by atoms with E-state index in [1.54, 1.807) is 44.2 Å². The number of ether oxygens (including phenoxy) is 2. The normalized spacial score (nSPS) is 21.9. The van der Waals surface area contributed by atoms with E-state index < -0.39 is 56.2 Å². The lowest BCUT2D eigenvalue weighted by Crippen LogP contribution is -2.40. The molecule has 0 amide bonds. The maximum Gasteiger partial charge on any atom is 0.391 e. The van der Waals surface area contributed by atoms with Gasteiger partial charge in [-0.05, 0) is 39.0 Å². The van der Waals surface area contributed by atoms with Crippen LogP contribution >= 0.6 is 7.67 Å². The van der Waals surface area contributed by atoms with E-state index in [1.807, 2.05) is 0 Å². The summed E-state index contributed by atoms with van der Waals surface area (Å²) in [5.74, 6) is -3.98. The minimum atomic E-state index is -4.02. The summed E-state index contributed by atoms with van der Waals surface area (Å²) in [5, 5.41) is 5.17. The second kappa shape index (κ2) is 10.8. The molecule has 1 aliphatic heterocycles. The van der Waals surface area contributed by atoms with Crippen molar-refractivity contribution in [2.75, 3.05) is 12.3 Å². The molecule has 1 aliphatic rings. The lowest BCUT2D eigenvalue weighted by molar-refractivity contribution is -0.149. The number of benzene rings is 1. The van der Waals surface area contributed by atoms with Crippen LogP contribution in [-0.4, -0.2) is 46.2 Å². The second-order valence-electron chi connectivity index (χ2n) is 8.27. The number of esters is 1. The van der Waals surface area contributed by atoms with Crippen molar-refractivity contribution in [3.05, 3.63) is 53.1 Å². The first-order chi connectivity index (χ1) is 16.4. The maximum atomic E-state index is 14.7. The molecule has 1 aromatic carbocycles. The van der Waals surface area contributed by atoms with Crippen LogP contribution in [0.15, 0.2) is 47.4 Å². The Morgan fingerprint density at radius 2 is 2.00 bits per heavy atom. The number of hydrogen-bond acceptors (Lipinski definition) is 8. The van der Waals surface area contributed by atoms with Crippen LogP contribution < -0.4 is 26.1 Å². The minimum Gasteiger partial charge on any atom is -0.462 e. The van der Waals surface area contributed by atoms with Crippen molar-refractivity contribution < 1.29 is 32.1 Å². The molecule has 4 atom stereocenters. The third-order valence-corrected chi connectivity index (χ3v) is 6.65. The molecule has 2 heterocycles. The predicted octanol–water partition coefficient (Wildman–Crippen LogP) is 2.45. The highest BCUT2D eigenvalue weighted by molar-refractivity contribution is 7.55. The molecular formula is C21H28F2N5O6P. The van der Waals surface area contributed by atoms with Crippen molar-refractivity contribution in [1.82, 2.24) is 19.7 Å². The van der Waals surface area contributed by atoms with Crippen molar-refractivity contribution in [1.29, 1.82) is 0 Å². The van der Waals surface area contributed by atoms with Crippen LogP contribution in [0.2, 0.25) is 0 Å². The number of alkyl halides is 2. The van der Waals surface area contributed by atoms with Gasteiger partial charge in [0.15, 0.2) is 0 Å². The molecule has 0 saturated carbocycles. The number of nitrogens with two attached hydrogens (primary N) is 1. The molecule has 1 aromatic heterocycles. The number of nitrogens with zero attached hydrogens (tertiary/aromatic N) is 2. The third kappa shape index (κ3) is 7.07. The first-order valence-corrected chi connectivity index (χ1v) is 12.5. The Balaban J connectivity index is 1.74. The molecule has 35 heavy (non-hydrogen) atoms. The fourth-order valence-electron chi connectivity index (χ4n) is 3.33. The number of rotatable bonds is 10. The molecule has 0 spiro atoms. The summed E-state index contributed by atoms with van der Waals surface area (Å²) in [6, 6.07) is 8.28. The number of nitrogen functional groups attached to an aromatic ring is 1. The first-order valence-electron chi connectivity index (χ1n) is 10.8. The summed E-state index contributed by atoms with van der Waals surface area (Å²) in [4.78, 5) is 27.7. The van der Waals surface area contributed by atoms with Gasteiger partial charge >= 0.3 is 19.3 Å². The summed E-state index contributed by atoms with van der Waals surface area (Å²) in [6.45, 7) is 4.42. The van der Waals surface area contributed by atoms with Gasteiger partial charge < -0.3 is 19.7 Å². The number of carbonyl (C=O) groups excluding carboxylic acids is 1. The highest BCUT2D eigenvalue weighted by Gasteiger charge is 2.52. The molecule has 0 aliphatic carbocycles. The Morgan fingerprint density at radius 1 is 1.31 bits per heavy atom. The van der Waals surface area contributed by atoms with Crippen LogP contribution in [0.25, 0.3) is 0 Å². The molecule has 1 fully saturated rings. The molecule has 0 bridgehead atoms. The van der Waals surface area contributed by atoms with E-state index in [0.29, 0.717) is 4.57 Å². The topological polar surface area (TPSA) is 147 Å². The van der Waals surface area contributed by atoms with Gasteiger partial charge in [0, 0.05) is 19.2 Å². The van der Waals surface area contributed by atoms with Crippen molar-refractivity contribution in [2.45, 2.75) is 57.6 Å². The molecular weight excluding hydrogens is 487 g/mol. The molecule has 2 aromatic rings. The molecule has 14 heteroatoms. The van der Waals surface area contributed by atoms with Crippen LogP contribution in [0.3, 0.4) is 0 Å². The standard InChI is InChI=1S/C21H28F2N5O6P/c1-13(2)32-18(29)14(3)27-35(31,34-15-7-5-4-6-8-15)25-12-16-11-21(22,23)19(33-16)28-10-9-17(24)26-20(28)30/h4-10,13-14,16,19H,11-12H2,1-3H3,(H2,24,26,30)(H2,25,27,31)/t14-,16+,19-,35?/m0/s1. The molecule has 1 saturated heterocycles. The number of carbonyl (C=O) groups is 1. The molecule has 192 valence electrons. The van der Waals surface area contributed by atoms with Crippen LogP contribution in [0.5, 0.6) is 5.75 Å². The Kier molecular flexibility index (Phi) is 8.26. The molecule has 1 unspecified atom stereocenters. The van der Waals surface area contributed by atoms with Crippen LogP contribution in [0, 0.1) is 0 Å².